The Labute approximate surface area is 107 Å². The summed E-state index contributed by atoms with van der Waals surface area (Å²) in [6.07, 6.45) is 3.62. The Balaban J connectivity index is 2.78. The van der Waals surface area contributed by atoms with Crippen molar-refractivity contribution in [3.8, 4) is 0 Å². The van der Waals surface area contributed by atoms with E-state index in [0.29, 0.717) is 24.7 Å². The molecule has 0 saturated carbocycles. The molecule has 0 spiro atoms. The Morgan fingerprint density at radius 3 is 2.53 bits per heavy atom. The van der Waals surface area contributed by atoms with Crippen molar-refractivity contribution in [3.05, 3.63) is 11.1 Å². The van der Waals surface area contributed by atoms with E-state index in [2.05, 4.69) is 0 Å². The Bertz CT molecular complexity index is 321. The van der Waals surface area contributed by atoms with Gasteiger partial charge in [-0.15, -0.1) is 0 Å². The van der Waals surface area contributed by atoms with Crippen LogP contribution in [0.1, 0.15) is 33.1 Å². The molecule has 0 aliphatic heterocycles. The van der Waals surface area contributed by atoms with Gasteiger partial charge in [0, 0.05) is 5.03 Å². The Hall–Kier alpha value is 0.140. The van der Waals surface area contributed by atoms with E-state index in [9.17, 15) is 9.67 Å². The molecule has 0 heterocycles. The minimum Gasteiger partial charge on any atom is -0.385 e. The second-order valence-corrected chi connectivity index (χ2v) is 6.69. The molecule has 0 bridgehead atoms. The summed E-state index contributed by atoms with van der Waals surface area (Å²) in [6.45, 7) is 4.09. The Morgan fingerprint density at radius 2 is 2.06 bits per heavy atom. The maximum Gasteiger partial charge on any atom is 0.333 e. The van der Waals surface area contributed by atoms with E-state index >= 15 is 0 Å². The molecule has 1 aliphatic carbocycles. The molecule has 1 rings (SSSR count). The minimum atomic E-state index is -3.23. The molecule has 0 aromatic carbocycles. The quantitative estimate of drug-likeness (QED) is 0.760. The summed E-state index contributed by atoms with van der Waals surface area (Å²) in [6, 6.07) is 0. The number of rotatable bonds is 6. The predicted octanol–water partition coefficient (Wildman–Crippen LogP) is 3.29. The third-order valence-corrected chi connectivity index (χ3v) is 5.11. The van der Waals surface area contributed by atoms with Crippen molar-refractivity contribution in [1.29, 1.82) is 0 Å². The fraction of sp³-hybridized carbons (Fsp3) is 0.818. The summed E-state index contributed by atoms with van der Waals surface area (Å²) in [7, 11) is -3.23. The largest absolute Gasteiger partial charge is 0.385 e. The third kappa shape index (κ3) is 4.72. The van der Waals surface area contributed by atoms with Crippen molar-refractivity contribution in [2.45, 2.75) is 38.7 Å². The molecule has 17 heavy (non-hydrogen) atoms. The first-order valence-corrected chi connectivity index (χ1v) is 8.01. The minimum absolute atomic E-state index is 0.0299. The molecule has 1 aliphatic rings. The molecule has 0 fully saturated rings. The average Bonchev–Trinajstić information content (AvgIpc) is 2.15. The lowest BCUT2D eigenvalue weighted by molar-refractivity contribution is 0.0861. The monoisotopic (exact) mass is 282 g/mol. The van der Waals surface area contributed by atoms with Crippen molar-refractivity contribution in [3.63, 3.8) is 0 Å². The van der Waals surface area contributed by atoms with E-state index in [1.165, 1.54) is 0 Å². The lowest BCUT2D eigenvalue weighted by Gasteiger charge is -2.31. The highest BCUT2D eigenvalue weighted by Crippen LogP contribution is 2.52. The zero-order chi connectivity index (χ0) is 12.9. The Kier molecular flexibility index (Phi) is 5.68. The van der Waals surface area contributed by atoms with Crippen LogP contribution in [0.25, 0.3) is 0 Å². The highest BCUT2D eigenvalue weighted by molar-refractivity contribution is 7.53. The van der Waals surface area contributed by atoms with Gasteiger partial charge >= 0.3 is 7.60 Å². The van der Waals surface area contributed by atoms with Gasteiger partial charge in [-0.2, -0.15) is 0 Å². The highest BCUT2D eigenvalue weighted by Gasteiger charge is 2.38. The van der Waals surface area contributed by atoms with Crippen molar-refractivity contribution < 1.29 is 18.7 Å². The smallest absolute Gasteiger partial charge is 0.333 e. The molecule has 0 aromatic rings. The average molecular weight is 283 g/mol. The van der Waals surface area contributed by atoms with Crippen LogP contribution < -0.4 is 0 Å². The molecule has 1 unspecified atom stereocenters. The molecule has 4 nitrogen and oxygen atoms in total. The van der Waals surface area contributed by atoms with Crippen molar-refractivity contribution in [2.75, 3.05) is 19.4 Å². The zero-order valence-corrected chi connectivity index (χ0v) is 12.0. The second-order valence-electron chi connectivity index (χ2n) is 4.15. The molecule has 0 aromatic heterocycles. The molecule has 0 amide bonds. The van der Waals surface area contributed by atoms with Gasteiger partial charge in [-0.1, -0.05) is 11.6 Å². The summed E-state index contributed by atoms with van der Waals surface area (Å²) in [5.41, 5.74) is -1.17. The topological polar surface area (TPSA) is 55.8 Å². The SMILES string of the molecule is CCOP(=O)(CC1(O)C=C(Cl)CCC1)OCC. The maximum absolute atomic E-state index is 12.3. The van der Waals surface area contributed by atoms with Crippen LogP contribution in [0.3, 0.4) is 0 Å². The molecule has 1 atom stereocenters. The summed E-state index contributed by atoms with van der Waals surface area (Å²) < 4.78 is 22.7. The number of aliphatic hydroxyl groups is 1. The molecule has 1 N–H and O–H groups in total. The second kappa shape index (κ2) is 6.35. The fourth-order valence-corrected chi connectivity index (χ4v) is 4.28. The van der Waals surface area contributed by atoms with Crippen LogP contribution in [0.5, 0.6) is 0 Å². The summed E-state index contributed by atoms with van der Waals surface area (Å²) >= 11 is 5.91. The first-order chi connectivity index (χ1) is 7.93. The van der Waals surface area contributed by atoms with Crippen LogP contribution in [-0.4, -0.2) is 30.1 Å². The lowest BCUT2D eigenvalue weighted by atomic mass is 9.93. The maximum atomic E-state index is 12.3. The number of hydrogen-bond acceptors (Lipinski definition) is 4. The van der Waals surface area contributed by atoms with Crippen molar-refractivity contribution >= 4 is 19.2 Å². The van der Waals surface area contributed by atoms with E-state index in [1.54, 1.807) is 19.9 Å². The first kappa shape index (κ1) is 15.2. The van der Waals surface area contributed by atoms with E-state index < -0.39 is 13.2 Å². The van der Waals surface area contributed by atoms with E-state index in [1.807, 2.05) is 0 Å². The van der Waals surface area contributed by atoms with Gasteiger partial charge in [0.25, 0.3) is 0 Å². The van der Waals surface area contributed by atoms with Gasteiger partial charge in [0.05, 0.1) is 25.0 Å². The van der Waals surface area contributed by atoms with Gasteiger partial charge in [-0.05, 0) is 39.2 Å². The normalized spacial score (nSPS) is 25.8. The van der Waals surface area contributed by atoms with Gasteiger partial charge in [0.1, 0.15) is 0 Å². The lowest BCUT2D eigenvalue weighted by Crippen LogP contribution is -2.33. The van der Waals surface area contributed by atoms with Gasteiger partial charge in [0.2, 0.25) is 0 Å². The molecule has 0 saturated heterocycles. The van der Waals surface area contributed by atoms with Gasteiger partial charge in [-0.3, -0.25) is 4.57 Å². The number of allylic oxidation sites excluding steroid dienone is 1. The number of hydrogen-bond donors (Lipinski definition) is 1. The predicted molar refractivity (Wildman–Crippen MR) is 68.5 cm³/mol. The standard InChI is InChI=1S/C11H20ClO4P/c1-3-15-17(14,16-4-2)9-11(13)7-5-6-10(12)8-11/h8,13H,3-7,9H2,1-2H3. The molecule has 0 radical (unpaired) electrons. The van der Waals surface area contributed by atoms with Crippen molar-refractivity contribution in [1.82, 2.24) is 0 Å². The van der Waals surface area contributed by atoms with Crippen LogP contribution in [0, 0.1) is 0 Å². The summed E-state index contributed by atoms with van der Waals surface area (Å²) in [4.78, 5) is 0. The first-order valence-electron chi connectivity index (χ1n) is 5.91. The van der Waals surface area contributed by atoms with Crippen LogP contribution in [0.4, 0.5) is 0 Å². The molecular formula is C11H20ClO4P. The number of halogens is 1. The summed E-state index contributed by atoms with van der Waals surface area (Å²) in [5, 5.41) is 10.9. The van der Waals surface area contributed by atoms with Gasteiger partial charge in [0.15, 0.2) is 0 Å². The van der Waals surface area contributed by atoms with E-state index in [0.717, 1.165) is 12.8 Å². The van der Waals surface area contributed by atoms with Crippen molar-refractivity contribution in [2.24, 2.45) is 0 Å². The molecule has 6 heteroatoms. The van der Waals surface area contributed by atoms with Crippen LogP contribution in [0.15, 0.2) is 11.1 Å². The third-order valence-electron chi connectivity index (χ3n) is 2.57. The van der Waals surface area contributed by atoms with E-state index in [-0.39, 0.29) is 6.16 Å². The Morgan fingerprint density at radius 1 is 1.47 bits per heavy atom. The zero-order valence-electron chi connectivity index (χ0n) is 10.3. The summed E-state index contributed by atoms with van der Waals surface area (Å²) in [5.74, 6) is 0. The van der Waals surface area contributed by atoms with E-state index in [4.69, 9.17) is 20.6 Å². The van der Waals surface area contributed by atoms with Gasteiger partial charge < -0.3 is 14.2 Å². The van der Waals surface area contributed by atoms with Crippen LogP contribution in [-0.2, 0) is 13.6 Å². The fourth-order valence-electron chi connectivity index (χ4n) is 1.98. The molecular weight excluding hydrogens is 263 g/mol. The highest BCUT2D eigenvalue weighted by atomic mass is 35.5. The van der Waals surface area contributed by atoms with Gasteiger partial charge in [-0.25, -0.2) is 0 Å². The molecule has 100 valence electrons. The van der Waals surface area contributed by atoms with Crippen LogP contribution >= 0.6 is 19.2 Å². The van der Waals surface area contributed by atoms with Crippen LogP contribution in [0.2, 0.25) is 0 Å².